The summed E-state index contributed by atoms with van der Waals surface area (Å²) in [6.07, 6.45) is 7.22. The molecule has 2 N–H and O–H groups in total. The van der Waals surface area contributed by atoms with Crippen molar-refractivity contribution in [3.8, 4) is 0 Å². The Hall–Kier alpha value is -0.360. The van der Waals surface area contributed by atoms with Gasteiger partial charge in [-0.3, -0.25) is 9.59 Å². The highest BCUT2D eigenvalue weighted by Crippen LogP contribution is 2.44. The fourth-order valence-corrected chi connectivity index (χ4v) is 6.31. The van der Waals surface area contributed by atoms with Gasteiger partial charge in [0.15, 0.2) is 0 Å². The van der Waals surface area contributed by atoms with Gasteiger partial charge in [-0.05, 0) is 51.4 Å². The minimum atomic E-state index is -0.645. The van der Waals surface area contributed by atoms with Crippen LogP contribution in [0.15, 0.2) is 0 Å². The van der Waals surface area contributed by atoms with Crippen LogP contribution in [0.2, 0.25) is 0 Å². The zero-order valence-electron chi connectivity index (χ0n) is 11.5. The lowest BCUT2D eigenvalue weighted by atomic mass is 9.89. The normalized spacial score (nSPS) is 34.6. The summed E-state index contributed by atoms with van der Waals surface area (Å²) in [6, 6.07) is 0. The monoisotopic (exact) mass is 318 g/mol. The highest BCUT2D eigenvalue weighted by Gasteiger charge is 2.29. The molecule has 0 heterocycles. The molecule has 0 aromatic carbocycles. The maximum atomic E-state index is 10.9. The first-order valence-electron chi connectivity index (χ1n) is 7.34. The van der Waals surface area contributed by atoms with E-state index in [9.17, 15) is 9.59 Å². The van der Waals surface area contributed by atoms with Crippen LogP contribution in [0, 0.1) is 11.8 Å². The molecule has 0 radical (unpaired) electrons. The molecule has 4 nitrogen and oxygen atoms in total. The maximum Gasteiger partial charge on any atom is 0.306 e. The van der Waals surface area contributed by atoms with Gasteiger partial charge < -0.3 is 10.2 Å². The predicted octanol–water partition coefficient (Wildman–Crippen LogP) is 3.65. The van der Waals surface area contributed by atoms with Crippen LogP contribution < -0.4 is 0 Å². The van der Waals surface area contributed by atoms with Crippen molar-refractivity contribution in [2.24, 2.45) is 11.8 Å². The minimum absolute atomic E-state index is 0.136. The molecular weight excluding hydrogens is 296 g/mol. The summed E-state index contributed by atoms with van der Waals surface area (Å²) in [4.78, 5) is 21.8. The van der Waals surface area contributed by atoms with E-state index in [-0.39, 0.29) is 11.8 Å². The van der Waals surface area contributed by atoms with Gasteiger partial charge in [0, 0.05) is 10.5 Å². The first-order valence-corrected chi connectivity index (χ1v) is 9.61. The molecule has 0 saturated heterocycles. The van der Waals surface area contributed by atoms with E-state index in [4.69, 9.17) is 10.2 Å². The Bertz CT molecular complexity index is 311. The number of aliphatic carboxylic acids is 2. The first-order chi connectivity index (χ1) is 9.56. The minimum Gasteiger partial charge on any atom is -0.481 e. The largest absolute Gasteiger partial charge is 0.481 e. The van der Waals surface area contributed by atoms with E-state index < -0.39 is 11.9 Å². The van der Waals surface area contributed by atoms with E-state index >= 15 is 0 Å². The van der Waals surface area contributed by atoms with Gasteiger partial charge in [-0.2, -0.15) is 0 Å². The van der Waals surface area contributed by atoms with Crippen LogP contribution in [-0.2, 0) is 9.59 Å². The molecule has 6 heteroatoms. The van der Waals surface area contributed by atoms with Crippen molar-refractivity contribution in [1.82, 2.24) is 0 Å². The van der Waals surface area contributed by atoms with E-state index in [2.05, 4.69) is 0 Å². The smallest absolute Gasteiger partial charge is 0.306 e. The Balaban J connectivity index is 1.62. The Labute approximate surface area is 127 Å². The van der Waals surface area contributed by atoms with Gasteiger partial charge in [0.25, 0.3) is 0 Å². The third-order valence-electron chi connectivity index (χ3n) is 4.37. The van der Waals surface area contributed by atoms with Crippen molar-refractivity contribution in [3.63, 3.8) is 0 Å². The number of carbonyl (C=O) groups is 2. The van der Waals surface area contributed by atoms with Crippen molar-refractivity contribution in [3.05, 3.63) is 0 Å². The zero-order valence-corrected chi connectivity index (χ0v) is 13.1. The second kappa shape index (κ2) is 7.59. The highest BCUT2D eigenvalue weighted by molar-refractivity contribution is 8.77. The summed E-state index contributed by atoms with van der Waals surface area (Å²) in [5.41, 5.74) is 0. The van der Waals surface area contributed by atoms with Crippen molar-refractivity contribution < 1.29 is 19.8 Å². The second-order valence-corrected chi connectivity index (χ2v) is 8.69. The van der Waals surface area contributed by atoms with Gasteiger partial charge in [0.05, 0.1) is 11.8 Å². The molecule has 0 spiro atoms. The standard InChI is InChI=1S/C14H22O4S2/c15-13(16)9-1-5-11(6-2-9)19-20-12-7-3-10(4-8-12)14(17)18/h9-12H,1-8H2,(H,15,16)(H,17,18). The quantitative estimate of drug-likeness (QED) is 0.754. The topological polar surface area (TPSA) is 74.6 Å². The summed E-state index contributed by atoms with van der Waals surface area (Å²) >= 11 is 0. The Morgan fingerprint density at radius 2 is 0.950 bits per heavy atom. The first kappa shape index (κ1) is 16.0. The Morgan fingerprint density at radius 1 is 0.650 bits per heavy atom. The molecule has 2 rings (SSSR count). The van der Waals surface area contributed by atoms with E-state index in [0.717, 1.165) is 51.4 Å². The molecule has 0 aliphatic heterocycles. The van der Waals surface area contributed by atoms with Gasteiger partial charge in [0.1, 0.15) is 0 Å². The van der Waals surface area contributed by atoms with Crippen molar-refractivity contribution in [2.45, 2.75) is 61.9 Å². The number of hydrogen-bond acceptors (Lipinski definition) is 4. The van der Waals surface area contributed by atoms with Crippen LogP contribution in [0.5, 0.6) is 0 Å². The molecule has 0 atom stereocenters. The average molecular weight is 318 g/mol. The molecule has 0 aromatic rings. The predicted molar refractivity (Wildman–Crippen MR) is 81.9 cm³/mol. The molecule has 2 aliphatic rings. The molecule has 114 valence electrons. The average Bonchev–Trinajstić information content (AvgIpc) is 2.46. The summed E-state index contributed by atoms with van der Waals surface area (Å²) in [5.74, 6) is -1.56. The summed E-state index contributed by atoms with van der Waals surface area (Å²) in [5, 5.41) is 19.1. The lowest BCUT2D eigenvalue weighted by Gasteiger charge is -2.29. The Morgan fingerprint density at radius 3 is 1.20 bits per heavy atom. The molecule has 2 fully saturated rings. The molecule has 20 heavy (non-hydrogen) atoms. The van der Waals surface area contributed by atoms with Gasteiger partial charge in [0.2, 0.25) is 0 Å². The van der Waals surface area contributed by atoms with Crippen LogP contribution >= 0.6 is 21.6 Å². The number of carboxylic acid groups (broad SMARTS) is 2. The van der Waals surface area contributed by atoms with Crippen molar-refractivity contribution in [2.75, 3.05) is 0 Å². The number of hydrogen-bond donors (Lipinski definition) is 2. The second-order valence-electron chi connectivity index (χ2n) is 5.82. The molecule has 0 unspecified atom stereocenters. The van der Waals surface area contributed by atoms with E-state index in [0.29, 0.717) is 10.5 Å². The number of rotatable bonds is 5. The van der Waals surface area contributed by atoms with Crippen molar-refractivity contribution >= 4 is 33.5 Å². The van der Waals surface area contributed by atoms with Gasteiger partial charge >= 0.3 is 11.9 Å². The van der Waals surface area contributed by atoms with Crippen LogP contribution in [-0.4, -0.2) is 32.7 Å². The van der Waals surface area contributed by atoms with Crippen LogP contribution in [0.3, 0.4) is 0 Å². The molecular formula is C14H22O4S2. The Kier molecular flexibility index (Phi) is 6.08. The van der Waals surface area contributed by atoms with Crippen LogP contribution in [0.1, 0.15) is 51.4 Å². The highest BCUT2D eigenvalue weighted by atomic mass is 33.1. The summed E-state index contributed by atoms with van der Waals surface area (Å²) in [7, 11) is 3.81. The van der Waals surface area contributed by atoms with Crippen molar-refractivity contribution in [1.29, 1.82) is 0 Å². The number of carboxylic acids is 2. The van der Waals surface area contributed by atoms with E-state index in [1.807, 2.05) is 21.6 Å². The lowest BCUT2D eigenvalue weighted by molar-refractivity contribution is -0.143. The fourth-order valence-electron chi connectivity index (χ4n) is 2.97. The SMILES string of the molecule is O=C(O)C1CCC(SSC2CCC(C(=O)O)CC2)CC1. The maximum absolute atomic E-state index is 10.9. The van der Waals surface area contributed by atoms with Crippen LogP contribution in [0.25, 0.3) is 0 Å². The fraction of sp³-hybridized carbons (Fsp3) is 0.857. The van der Waals surface area contributed by atoms with E-state index in [1.165, 1.54) is 0 Å². The van der Waals surface area contributed by atoms with Gasteiger partial charge in [-0.1, -0.05) is 21.6 Å². The molecule has 0 aromatic heterocycles. The summed E-state index contributed by atoms with van der Waals surface area (Å²) < 4.78 is 0. The molecule has 0 amide bonds. The molecule has 0 bridgehead atoms. The molecule has 2 saturated carbocycles. The van der Waals surface area contributed by atoms with Gasteiger partial charge in [-0.25, -0.2) is 0 Å². The van der Waals surface area contributed by atoms with Gasteiger partial charge in [-0.15, -0.1) is 0 Å². The van der Waals surface area contributed by atoms with Crippen LogP contribution in [0.4, 0.5) is 0 Å². The zero-order chi connectivity index (χ0) is 14.5. The third-order valence-corrected chi connectivity index (χ3v) is 7.94. The summed E-state index contributed by atoms with van der Waals surface area (Å²) in [6.45, 7) is 0. The van der Waals surface area contributed by atoms with E-state index in [1.54, 1.807) is 0 Å². The third kappa shape index (κ3) is 4.58. The lowest BCUT2D eigenvalue weighted by Crippen LogP contribution is -2.23. The molecule has 2 aliphatic carbocycles.